The Labute approximate surface area is 172 Å². The van der Waals surface area contributed by atoms with Crippen molar-refractivity contribution >= 4 is 35.8 Å². The van der Waals surface area contributed by atoms with E-state index in [9.17, 15) is 4.79 Å². The van der Waals surface area contributed by atoms with E-state index in [1.54, 1.807) is 6.07 Å². The van der Waals surface area contributed by atoms with Gasteiger partial charge in [-0.3, -0.25) is 9.79 Å². The Morgan fingerprint density at radius 1 is 1.21 bits per heavy atom. The molecular weight excluding hydrogens is 370 g/mol. The Morgan fingerprint density at radius 3 is 2.61 bits per heavy atom. The van der Waals surface area contributed by atoms with Gasteiger partial charge in [0.25, 0.3) is 0 Å². The lowest BCUT2D eigenvalue weighted by Crippen LogP contribution is -2.32. The zero-order valence-electron chi connectivity index (χ0n) is 16.6. The van der Waals surface area contributed by atoms with Crippen LogP contribution in [0.3, 0.4) is 0 Å². The van der Waals surface area contributed by atoms with Crippen LogP contribution >= 0.6 is 12.6 Å². The molecule has 1 aliphatic rings. The number of hydrogen-bond donors (Lipinski definition) is 2. The van der Waals surface area contributed by atoms with Gasteiger partial charge in [-0.2, -0.15) is 12.6 Å². The monoisotopic (exact) mass is 397 g/mol. The zero-order chi connectivity index (χ0) is 20.1. The summed E-state index contributed by atoms with van der Waals surface area (Å²) in [4.78, 5) is 18.9. The molecule has 0 bridgehead atoms. The number of aryl methyl sites for hydroxylation is 1. The molecule has 0 spiro atoms. The summed E-state index contributed by atoms with van der Waals surface area (Å²) >= 11 is 4.41. The molecule has 0 aliphatic carbocycles. The smallest absolute Gasteiger partial charge is 0.312 e. The SMILES string of the molecule is Cc1ccc(N(CC2=NCCN2)c2cccc(OC(=O)CC(C)(C)S)c2)cc1. The Bertz CT molecular complexity index is 857. The third kappa shape index (κ3) is 5.76. The van der Waals surface area contributed by atoms with Crippen molar-refractivity contribution in [2.24, 2.45) is 4.99 Å². The summed E-state index contributed by atoms with van der Waals surface area (Å²) in [5.41, 5.74) is 3.20. The molecular formula is C22H27N3O2S. The quantitative estimate of drug-likeness (QED) is 0.419. The second-order valence-corrected chi connectivity index (χ2v) is 8.85. The maximum absolute atomic E-state index is 12.2. The number of nitrogens with zero attached hydrogens (tertiary/aromatic N) is 2. The van der Waals surface area contributed by atoms with Gasteiger partial charge in [-0.05, 0) is 31.2 Å². The first-order valence-corrected chi connectivity index (χ1v) is 9.89. The van der Waals surface area contributed by atoms with Crippen molar-refractivity contribution in [1.29, 1.82) is 0 Å². The molecule has 0 saturated heterocycles. The number of esters is 1. The Hall–Kier alpha value is -2.47. The molecule has 148 valence electrons. The van der Waals surface area contributed by atoms with Crippen LogP contribution in [0.15, 0.2) is 53.5 Å². The van der Waals surface area contributed by atoms with Crippen molar-refractivity contribution < 1.29 is 9.53 Å². The first kappa shape index (κ1) is 20.3. The second kappa shape index (κ2) is 8.69. The third-order valence-electron chi connectivity index (χ3n) is 4.33. The maximum Gasteiger partial charge on any atom is 0.312 e. The van der Waals surface area contributed by atoms with E-state index in [0.29, 0.717) is 12.3 Å². The van der Waals surface area contributed by atoms with E-state index in [2.05, 4.69) is 59.0 Å². The molecule has 1 N–H and O–H groups in total. The van der Waals surface area contributed by atoms with Gasteiger partial charge in [0.1, 0.15) is 11.6 Å². The molecule has 2 aromatic rings. The average Bonchev–Trinajstić information content (AvgIpc) is 3.12. The fraction of sp³-hybridized carbons (Fsp3) is 0.364. The molecule has 0 atom stereocenters. The van der Waals surface area contributed by atoms with E-state index in [1.807, 2.05) is 32.0 Å². The predicted octanol–water partition coefficient (Wildman–Crippen LogP) is 4.14. The lowest BCUT2D eigenvalue weighted by molar-refractivity contribution is -0.134. The van der Waals surface area contributed by atoms with Crippen LogP contribution in [-0.4, -0.2) is 36.2 Å². The standard InChI is InChI=1S/C22H27N3O2S/c1-16-7-9-17(10-8-16)25(15-20-23-11-12-24-20)18-5-4-6-19(13-18)27-21(26)14-22(2,3)28/h4-10,13,28H,11-12,14-15H2,1-3H3,(H,23,24). The molecule has 0 aromatic heterocycles. The summed E-state index contributed by atoms with van der Waals surface area (Å²) in [6, 6.07) is 15.9. The van der Waals surface area contributed by atoms with Crippen LogP contribution in [0, 0.1) is 6.92 Å². The third-order valence-corrected chi connectivity index (χ3v) is 4.49. The van der Waals surface area contributed by atoms with Gasteiger partial charge in [-0.25, -0.2) is 0 Å². The Kier molecular flexibility index (Phi) is 6.29. The molecule has 1 aliphatic heterocycles. The van der Waals surface area contributed by atoms with Gasteiger partial charge in [0.15, 0.2) is 0 Å². The highest BCUT2D eigenvalue weighted by molar-refractivity contribution is 7.81. The van der Waals surface area contributed by atoms with E-state index < -0.39 is 4.75 Å². The highest BCUT2D eigenvalue weighted by Gasteiger charge is 2.20. The summed E-state index contributed by atoms with van der Waals surface area (Å²) in [5, 5.41) is 3.33. The van der Waals surface area contributed by atoms with E-state index in [-0.39, 0.29) is 12.4 Å². The number of benzene rings is 2. The minimum atomic E-state index is -0.408. The molecule has 0 unspecified atom stereocenters. The van der Waals surface area contributed by atoms with Gasteiger partial charge >= 0.3 is 5.97 Å². The molecule has 6 heteroatoms. The molecule has 28 heavy (non-hydrogen) atoms. The van der Waals surface area contributed by atoms with Gasteiger partial charge in [-0.1, -0.05) is 37.6 Å². The van der Waals surface area contributed by atoms with Gasteiger partial charge in [-0.15, -0.1) is 0 Å². The van der Waals surface area contributed by atoms with E-state index >= 15 is 0 Å². The summed E-state index contributed by atoms with van der Waals surface area (Å²) < 4.78 is 5.14. The fourth-order valence-corrected chi connectivity index (χ4v) is 3.12. The molecule has 5 nitrogen and oxygen atoms in total. The van der Waals surface area contributed by atoms with E-state index in [1.165, 1.54) is 5.56 Å². The van der Waals surface area contributed by atoms with Crippen molar-refractivity contribution in [3.8, 4) is 5.75 Å². The van der Waals surface area contributed by atoms with Crippen molar-refractivity contribution in [2.45, 2.75) is 31.9 Å². The largest absolute Gasteiger partial charge is 0.426 e. The minimum Gasteiger partial charge on any atom is -0.426 e. The van der Waals surface area contributed by atoms with Crippen LogP contribution in [0.5, 0.6) is 5.75 Å². The summed E-state index contributed by atoms with van der Waals surface area (Å²) in [7, 11) is 0. The topological polar surface area (TPSA) is 53.9 Å². The van der Waals surface area contributed by atoms with Crippen molar-refractivity contribution in [2.75, 3.05) is 24.5 Å². The number of aliphatic imine (C=N–C) groups is 1. The predicted molar refractivity (Wildman–Crippen MR) is 118 cm³/mol. The maximum atomic E-state index is 12.2. The highest BCUT2D eigenvalue weighted by Crippen LogP contribution is 2.29. The molecule has 0 saturated carbocycles. The zero-order valence-corrected chi connectivity index (χ0v) is 17.5. The number of nitrogens with one attached hydrogen (secondary N) is 1. The lowest BCUT2D eigenvalue weighted by atomic mass is 10.1. The van der Waals surface area contributed by atoms with Crippen molar-refractivity contribution in [3.05, 3.63) is 54.1 Å². The van der Waals surface area contributed by atoms with Gasteiger partial charge in [0, 0.05) is 28.7 Å². The Balaban J connectivity index is 1.85. The normalized spacial score (nSPS) is 13.6. The highest BCUT2D eigenvalue weighted by atomic mass is 32.1. The number of thiol groups is 1. The number of rotatable bonds is 7. The molecule has 2 aromatic carbocycles. The fourth-order valence-electron chi connectivity index (χ4n) is 2.99. The van der Waals surface area contributed by atoms with Crippen LogP contribution in [0.1, 0.15) is 25.8 Å². The van der Waals surface area contributed by atoms with E-state index in [0.717, 1.165) is 30.3 Å². The second-order valence-electron chi connectivity index (χ2n) is 7.64. The van der Waals surface area contributed by atoms with E-state index in [4.69, 9.17) is 4.74 Å². The van der Waals surface area contributed by atoms with Crippen LogP contribution in [0.2, 0.25) is 0 Å². The number of carbonyl (C=O) groups is 1. The molecule has 1 heterocycles. The number of amidine groups is 1. The molecule has 0 amide bonds. The molecule has 3 rings (SSSR count). The van der Waals surface area contributed by atoms with Crippen molar-refractivity contribution in [3.63, 3.8) is 0 Å². The molecule has 0 radical (unpaired) electrons. The Morgan fingerprint density at radius 2 is 1.96 bits per heavy atom. The summed E-state index contributed by atoms with van der Waals surface area (Å²) in [6.45, 7) is 8.15. The van der Waals surface area contributed by atoms with Crippen LogP contribution in [-0.2, 0) is 4.79 Å². The average molecular weight is 398 g/mol. The minimum absolute atomic E-state index is 0.239. The first-order valence-electron chi connectivity index (χ1n) is 9.45. The summed E-state index contributed by atoms with van der Waals surface area (Å²) in [6.07, 6.45) is 0.239. The number of hydrogen-bond acceptors (Lipinski definition) is 6. The number of carbonyl (C=O) groups excluding carboxylic acids is 1. The van der Waals surface area contributed by atoms with Gasteiger partial charge in [0.2, 0.25) is 0 Å². The number of anilines is 2. The van der Waals surface area contributed by atoms with Crippen LogP contribution in [0.4, 0.5) is 11.4 Å². The van der Waals surface area contributed by atoms with Gasteiger partial charge < -0.3 is 15.0 Å². The molecule has 0 fully saturated rings. The van der Waals surface area contributed by atoms with Gasteiger partial charge in [0.05, 0.1) is 19.5 Å². The lowest BCUT2D eigenvalue weighted by Gasteiger charge is -2.26. The van der Waals surface area contributed by atoms with Crippen LogP contribution in [0.25, 0.3) is 0 Å². The summed E-state index contributed by atoms with van der Waals surface area (Å²) in [5.74, 6) is 1.19. The number of ether oxygens (including phenoxy) is 1. The van der Waals surface area contributed by atoms with Crippen LogP contribution < -0.4 is 15.0 Å². The van der Waals surface area contributed by atoms with Crippen molar-refractivity contribution in [1.82, 2.24) is 5.32 Å². The first-order chi connectivity index (χ1) is 13.3.